The predicted octanol–water partition coefficient (Wildman–Crippen LogP) is 6.41. The molecule has 8 nitrogen and oxygen atoms in total. The lowest BCUT2D eigenvalue weighted by atomic mass is 10.0. The normalized spacial score (nSPS) is 12.2. The summed E-state index contributed by atoms with van der Waals surface area (Å²) in [7, 11) is -2.67. The van der Waals surface area contributed by atoms with E-state index in [1.165, 1.54) is 29.2 Å². The highest BCUT2D eigenvalue weighted by atomic mass is 35.5. The molecule has 0 aromatic heterocycles. The molecule has 1 N–H and O–H groups in total. The van der Waals surface area contributed by atoms with Gasteiger partial charge in [-0.1, -0.05) is 71.8 Å². The smallest absolute Gasteiger partial charge is 0.264 e. The molecule has 0 aliphatic rings. The van der Waals surface area contributed by atoms with Gasteiger partial charge < -0.3 is 15.0 Å². The Balaban J connectivity index is 1.82. The van der Waals surface area contributed by atoms with Crippen LogP contribution in [-0.4, -0.2) is 50.4 Å². The second kappa shape index (κ2) is 14.8. The van der Waals surface area contributed by atoms with E-state index in [4.69, 9.17) is 16.3 Å². The van der Waals surface area contributed by atoms with Crippen molar-refractivity contribution < 1.29 is 22.7 Å². The van der Waals surface area contributed by atoms with Gasteiger partial charge in [0.15, 0.2) is 0 Å². The molecule has 0 radical (unpaired) electrons. The molecule has 4 aromatic rings. The number of rotatable bonds is 12. The number of nitrogens with zero attached hydrogens (tertiary/aromatic N) is 2. The molecule has 0 bridgehead atoms. The summed E-state index contributed by atoms with van der Waals surface area (Å²) in [6.07, 6.45) is 0.215. The highest BCUT2D eigenvalue weighted by molar-refractivity contribution is 7.92. The maximum atomic E-state index is 14.6. The summed E-state index contributed by atoms with van der Waals surface area (Å²) < 4.78 is 34.8. The monoisotopic (exact) mass is 661 g/mol. The minimum atomic E-state index is -4.22. The first kappa shape index (κ1) is 34.5. The summed E-state index contributed by atoms with van der Waals surface area (Å²) in [6, 6.07) is 28.4. The van der Waals surface area contributed by atoms with Crippen LogP contribution in [0.15, 0.2) is 108 Å². The van der Waals surface area contributed by atoms with Gasteiger partial charge in [-0.05, 0) is 87.4 Å². The number of aryl methyl sites for hydroxylation is 1. The summed E-state index contributed by atoms with van der Waals surface area (Å²) in [4.78, 5) is 30.0. The Bertz CT molecular complexity index is 1740. The molecule has 4 rings (SSSR count). The van der Waals surface area contributed by atoms with Crippen LogP contribution in [0.5, 0.6) is 5.75 Å². The number of sulfonamides is 1. The molecule has 1 atom stereocenters. The van der Waals surface area contributed by atoms with E-state index in [0.29, 0.717) is 16.5 Å². The summed E-state index contributed by atoms with van der Waals surface area (Å²) >= 11 is 6.06. The van der Waals surface area contributed by atoms with Crippen LogP contribution in [0.1, 0.15) is 37.5 Å². The number of carbonyl (C=O) groups excluding carboxylic acids is 2. The van der Waals surface area contributed by atoms with Crippen molar-refractivity contribution in [1.29, 1.82) is 0 Å². The SMILES string of the molecule is COc1cccc(CN(C(=O)CN(c2ccc(C)cc2)S(=O)(=O)c2ccc(Cl)cc2)[C@H](Cc2ccccc2)C(=O)NC(C)(C)C)c1. The van der Waals surface area contributed by atoms with Gasteiger partial charge in [0.05, 0.1) is 17.7 Å². The number of ether oxygens (including phenoxy) is 1. The third kappa shape index (κ3) is 9.11. The van der Waals surface area contributed by atoms with Gasteiger partial charge in [-0.3, -0.25) is 13.9 Å². The van der Waals surface area contributed by atoms with E-state index in [9.17, 15) is 18.0 Å². The zero-order valence-electron chi connectivity index (χ0n) is 26.7. The predicted molar refractivity (Wildman–Crippen MR) is 183 cm³/mol. The van der Waals surface area contributed by atoms with Gasteiger partial charge in [0.2, 0.25) is 11.8 Å². The second-order valence-electron chi connectivity index (χ2n) is 12.1. The van der Waals surface area contributed by atoms with Crippen molar-refractivity contribution in [3.8, 4) is 5.75 Å². The van der Waals surface area contributed by atoms with E-state index in [2.05, 4.69) is 5.32 Å². The number of hydrogen-bond acceptors (Lipinski definition) is 5. The molecule has 10 heteroatoms. The highest BCUT2D eigenvalue weighted by Gasteiger charge is 2.35. The van der Waals surface area contributed by atoms with E-state index in [1.54, 1.807) is 43.5 Å². The molecule has 0 aliphatic carbocycles. The number of amides is 2. The Hall–Kier alpha value is -4.34. The van der Waals surface area contributed by atoms with Crippen molar-refractivity contribution in [3.05, 3.63) is 125 Å². The first-order valence-electron chi connectivity index (χ1n) is 14.9. The van der Waals surface area contributed by atoms with E-state index in [-0.39, 0.29) is 23.8 Å². The van der Waals surface area contributed by atoms with E-state index >= 15 is 0 Å². The van der Waals surface area contributed by atoms with Crippen molar-refractivity contribution in [2.24, 2.45) is 0 Å². The van der Waals surface area contributed by atoms with E-state index < -0.39 is 34.1 Å². The van der Waals surface area contributed by atoms with Crippen molar-refractivity contribution >= 4 is 39.1 Å². The average molecular weight is 662 g/mol. The number of benzene rings is 4. The van der Waals surface area contributed by atoms with Crippen LogP contribution >= 0.6 is 11.6 Å². The van der Waals surface area contributed by atoms with Gasteiger partial charge >= 0.3 is 0 Å². The Labute approximate surface area is 277 Å². The fourth-order valence-electron chi connectivity index (χ4n) is 4.95. The topological polar surface area (TPSA) is 96.0 Å². The molecule has 242 valence electrons. The summed E-state index contributed by atoms with van der Waals surface area (Å²) in [6.45, 7) is 6.99. The summed E-state index contributed by atoms with van der Waals surface area (Å²) in [5.74, 6) is -0.309. The molecule has 0 saturated heterocycles. The quantitative estimate of drug-likeness (QED) is 0.189. The van der Waals surface area contributed by atoms with Crippen LogP contribution in [-0.2, 0) is 32.6 Å². The number of hydrogen-bond donors (Lipinski definition) is 1. The molecule has 0 heterocycles. The second-order valence-corrected chi connectivity index (χ2v) is 14.4. The maximum absolute atomic E-state index is 14.6. The number of carbonyl (C=O) groups is 2. The Morgan fingerprint density at radius 2 is 1.50 bits per heavy atom. The van der Waals surface area contributed by atoms with Crippen LogP contribution in [0, 0.1) is 6.92 Å². The van der Waals surface area contributed by atoms with E-state index in [1.807, 2.05) is 70.2 Å². The Morgan fingerprint density at radius 3 is 2.11 bits per heavy atom. The van der Waals surface area contributed by atoms with Crippen LogP contribution in [0.3, 0.4) is 0 Å². The van der Waals surface area contributed by atoms with Crippen molar-refractivity contribution in [1.82, 2.24) is 10.2 Å². The molecular formula is C36H40ClN3O5S. The first-order chi connectivity index (χ1) is 21.8. The summed E-state index contributed by atoms with van der Waals surface area (Å²) in [5, 5.41) is 3.42. The number of halogens is 1. The fourth-order valence-corrected chi connectivity index (χ4v) is 6.49. The van der Waals surface area contributed by atoms with Gasteiger partial charge in [-0.15, -0.1) is 0 Å². The van der Waals surface area contributed by atoms with Crippen molar-refractivity contribution in [2.45, 2.75) is 57.1 Å². The number of methoxy groups -OCH3 is 1. The third-order valence-corrected chi connectivity index (χ3v) is 9.30. The maximum Gasteiger partial charge on any atom is 0.264 e. The largest absolute Gasteiger partial charge is 0.497 e. The lowest BCUT2D eigenvalue weighted by molar-refractivity contribution is -0.140. The van der Waals surface area contributed by atoms with Crippen molar-refractivity contribution in [2.75, 3.05) is 18.0 Å². The van der Waals surface area contributed by atoms with Crippen LogP contribution in [0.25, 0.3) is 0 Å². The molecular weight excluding hydrogens is 622 g/mol. The van der Waals surface area contributed by atoms with Crippen molar-refractivity contribution in [3.63, 3.8) is 0 Å². The lowest BCUT2D eigenvalue weighted by Crippen LogP contribution is -2.56. The Morgan fingerprint density at radius 1 is 0.870 bits per heavy atom. The molecule has 0 saturated carbocycles. The zero-order chi connectivity index (χ0) is 33.5. The van der Waals surface area contributed by atoms with Gasteiger partial charge in [0, 0.05) is 23.5 Å². The molecule has 0 aliphatic heterocycles. The fraction of sp³-hybridized carbons (Fsp3) is 0.278. The minimum absolute atomic E-state index is 0.0177. The van der Waals surface area contributed by atoms with Gasteiger partial charge in [-0.2, -0.15) is 0 Å². The average Bonchev–Trinajstić information content (AvgIpc) is 3.02. The van der Waals surface area contributed by atoms with Gasteiger partial charge in [0.25, 0.3) is 10.0 Å². The van der Waals surface area contributed by atoms with Gasteiger partial charge in [-0.25, -0.2) is 8.42 Å². The highest BCUT2D eigenvalue weighted by Crippen LogP contribution is 2.27. The Kier molecular flexibility index (Phi) is 11.1. The molecule has 4 aromatic carbocycles. The zero-order valence-corrected chi connectivity index (χ0v) is 28.3. The first-order valence-corrected chi connectivity index (χ1v) is 16.7. The molecule has 0 spiro atoms. The molecule has 46 heavy (non-hydrogen) atoms. The minimum Gasteiger partial charge on any atom is -0.497 e. The molecule has 0 fully saturated rings. The van der Waals surface area contributed by atoms with Crippen LogP contribution in [0.4, 0.5) is 5.69 Å². The number of nitrogens with one attached hydrogen (secondary N) is 1. The molecule has 2 amide bonds. The van der Waals surface area contributed by atoms with Crippen LogP contribution in [0.2, 0.25) is 5.02 Å². The van der Waals surface area contributed by atoms with E-state index in [0.717, 1.165) is 21.0 Å². The lowest BCUT2D eigenvalue weighted by Gasteiger charge is -2.35. The third-order valence-electron chi connectivity index (χ3n) is 7.26. The molecule has 0 unspecified atom stereocenters. The standard InChI is InChI=1S/C36H40ClN3O5S/c1-26-14-18-30(19-15-26)40(46(43,44)32-20-16-29(37)17-21-32)25-34(41)39(24-28-12-9-13-31(22-28)45-5)33(35(42)38-36(2,3)4)23-27-10-7-6-8-11-27/h6-22,33H,23-25H2,1-5H3,(H,38,42)/t33-/m1/s1. The van der Waals surface area contributed by atoms with Gasteiger partial charge in [0.1, 0.15) is 18.3 Å². The summed E-state index contributed by atoms with van der Waals surface area (Å²) in [5.41, 5.74) is 2.23. The van der Waals surface area contributed by atoms with Crippen LogP contribution < -0.4 is 14.4 Å². The number of anilines is 1.